The van der Waals surface area contributed by atoms with E-state index in [-0.39, 0.29) is 6.04 Å². The van der Waals surface area contributed by atoms with E-state index in [1.165, 1.54) is 12.0 Å². The fraction of sp³-hybridized carbons (Fsp3) is 0.647. The maximum absolute atomic E-state index is 6.11. The Bertz CT molecular complexity index is 438. The van der Waals surface area contributed by atoms with Gasteiger partial charge in [-0.05, 0) is 51.6 Å². The van der Waals surface area contributed by atoms with Crippen LogP contribution in [0.3, 0.4) is 0 Å². The van der Waals surface area contributed by atoms with Gasteiger partial charge in [-0.15, -0.1) is 0 Å². The molecule has 1 aromatic carbocycles. The van der Waals surface area contributed by atoms with Gasteiger partial charge in [-0.25, -0.2) is 0 Å². The van der Waals surface area contributed by atoms with E-state index in [2.05, 4.69) is 42.0 Å². The molecule has 4 nitrogen and oxygen atoms in total. The summed E-state index contributed by atoms with van der Waals surface area (Å²) in [6, 6.07) is 9.18. The van der Waals surface area contributed by atoms with Gasteiger partial charge in [-0.3, -0.25) is 4.90 Å². The molecule has 1 aliphatic heterocycles. The van der Waals surface area contributed by atoms with Crippen LogP contribution in [0.5, 0.6) is 5.75 Å². The number of likely N-dealkylation sites (N-methyl/N-ethyl adjacent to an activating group) is 1. The number of hydrogen-bond acceptors (Lipinski definition) is 4. The molecule has 2 unspecified atom stereocenters. The van der Waals surface area contributed by atoms with Gasteiger partial charge in [-0.2, -0.15) is 0 Å². The first-order valence-corrected chi connectivity index (χ1v) is 8.02. The van der Waals surface area contributed by atoms with Gasteiger partial charge in [-0.1, -0.05) is 12.1 Å². The molecule has 0 bridgehead atoms. The lowest BCUT2D eigenvalue weighted by molar-refractivity contribution is 0.146. The second-order valence-electron chi connectivity index (χ2n) is 5.96. The van der Waals surface area contributed by atoms with Crippen LogP contribution < -0.4 is 10.5 Å². The maximum atomic E-state index is 6.11. The van der Waals surface area contributed by atoms with Gasteiger partial charge in [0, 0.05) is 31.7 Å². The van der Waals surface area contributed by atoms with E-state index in [0.717, 1.165) is 25.4 Å². The Labute approximate surface area is 128 Å². The third kappa shape index (κ3) is 4.19. The molecule has 0 amide bonds. The summed E-state index contributed by atoms with van der Waals surface area (Å²) < 4.78 is 5.63. The van der Waals surface area contributed by atoms with Gasteiger partial charge in [0.15, 0.2) is 0 Å². The summed E-state index contributed by atoms with van der Waals surface area (Å²) in [7, 11) is 2.20. The highest BCUT2D eigenvalue weighted by Crippen LogP contribution is 2.27. The summed E-state index contributed by atoms with van der Waals surface area (Å²) in [5, 5.41) is 0. The van der Waals surface area contributed by atoms with E-state index in [9.17, 15) is 0 Å². The molecule has 1 aliphatic rings. The van der Waals surface area contributed by atoms with Crippen LogP contribution in [0.1, 0.15) is 31.9 Å². The number of nitrogens with zero attached hydrogens (tertiary/aromatic N) is 2. The van der Waals surface area contributed by atoms with Crippen LogP contribution in [-0.2, 0) is 0 Å². The number of benzene rings is 1. The molecule has 0 aromatic heterocycles. The average Bonchev–Trinajstić information content (AvgIpc) is 2.62. The molecule has 1 fully saturated rings. The molecule has 4 heteroatoms. The zero-order chi connectivity index (χ0) is 15.2. The van der Waals surface area contributed by atoms with Crippen molar-refractivity contribution in [3.05, 3.63) is 29.8 Å². The van der Waals surface area contributed by atoms with Crippen molar-refractivity contribution in [3.63, 3.8) is 0 Å². The third-order valence-corrected chi connectivity index (χ3v) is 4.28. The van der Waals surface area contributed by atoms with Crippen molar-refractivity contribution in [3.8, 4) is 5.75 Å². The average molecular weight is 291 g/mol. The Morgan fingerprint density at radius 2 is 2.19 bits per heavy atom. The molecule has 0 saturated carbocycles. The molecule has 2 rings (SSSR count). The second kappa shape index (κ2) is 7.78. The fourth-order valence-corrected chi connectivity index (χ4v) is 3.30. The van der Waals surface area contributed by atoms with Gasteiger partial charge in [0.2, 0.25) is 0 Å². The molecule has 21 heavy (non-hydrogen) atoms. The maximum Gasteiger partial charge on any atom is 0.119 e. The zero-order valence-corrected chi connectivity index (χ0v) is 13.6. The van der Waals surface area contributed by atoms with Crippen molar-refractivity contribution in [1.82, 2.24) is 9.80 Å². The molecular weight excluding hydrogens is 262 g/mol. The Morgan fingerprint density at radius 3 is 2.90 bits per heavy atom. The van der Waals surface area contributed by atoms with Crippen molar-refractivity contribution in [1.29, 1.82) is 0 Å². The molecular formula is C17H29N3O. The van der Waals surface area contributed by atoms with E-state index < -0.39 is 0 Å². The van der Waals surface area contributed by atoms with Crippen LogP contribution in [0.4, 0.5) is 0 Å². The minimum atomic E-state index is 0.270. The number of nitrogens with two attached hydrogens (primary N) is 1. The zero-order valence-electron chi connectivity index (χ0n) is 13.6. The molecule has 1 aromatic rings. The number of rotatable bonds is 5. The summed E-state index contributed by atoms with van der Waals surface area (Å²) in [6.07, 6.45) is 1.20. The van der Waals surface area contributed by atoms with Gasteiger partial charge < -0.3 is 15.4 Å². The van der Waals surface area contributed by atoms with Gasteiger partial charge in [0.05, 0.1) is 6.61 Å². The molecule has 2 atom stereocenters. The van der Waals surface area contributed by atoms with Crippen LogP contribution in [-0.4, -0.2) is 55.7 Å². The Hall–Kier alpha value is -1.10. The Morgan fingerprint density at radius 1 is 1.38 bits per heavy atom. The van der Waals surface area contributed by atoms with Gasteiger partial charge in [0.25, 0.3) is 0 Å². The molecule has 118 valence electrons. The smallest absolute Gasteiger partial charge is 0.119 e. The lowest BCUT2D eigenvalue weighted by Gasteiger charge is -2.35. The van der Waals surface area contributed by atoms with E-state index in [1.54, 1.807) is 0 Å². The van der Waals surface area contributed by atoms with Gasteiger partial charge >= 0.3 is 0 Å². The SMILES string of the molecule is CCOc1cccc(C(CN)N2CCCN(C)CC2C)c1. The number of ether oxygens (including phenoxy) is 1. The molecule has 0 spiro atoms. The molecule has 2 N–H and O–H groups in total. The summed E-state index contributed by atoms with van der Waals surface area (Å²) in [6.45, 7) is 9.02. The third-order valence-electron chi connectivity index (χ3n) is 4.28. The van der Waals surface area contributed by atoms with E-state index in [4.69, 9.17) is 10.5 Å². The minimum Gasteiger partial charge on any atom is -0.494 e. The number of hydrogen-bond donors (Lipinski definition) is 1. The van der Waals surface area contributed by atoms with Crippen LogP contribution in [0.2, 0.25) is 0 Å². The summed E-state index contributed by atoms with van der Waals surface area (Å²) >= 11 is 0. The van der Waals surface area contributed by atoms with E-state index in [0.29, 0.717) is 19.2 Å². The molecule has 1 saturated heterocycles. The highest BCUT2D eigenvalue weighted by molar-refractivity contribution is 5.31. The summed E-state index contributed by atoms with van der Waals surface area (Å²) in [5.41, 5.74) is 7.38. The first kappa shape index (κ1) is 16.3. The van der Waals surface area contributed by atoms with Crippen LogP contribution in [0.15, 0.2) is 24.3 Å². The summed E-state index contributed by atoms with van der Waals surface area (Å²) in [5.74, 6) is 0.938. The van der Waals surface area contributed by atoms with Crippen LogP contribution in [0.25, 0.3) is 0 Å². The Balaban J connectivity index is 2.19. The van der Waals surface area contributed by atoms with Crippen molar-refractivity contribution in [2.45, 2.75) is 32.4 Å². The first-order chi connectivity index (χ1) is 10.2. The first-order valence-electron chi connectivity index (χ1n) is 8.02. The molecule has 1 heterocycles. The Kier molecular flexibility index (Phi) is 6.03. The quantitative estimate of drug-likeness (QED) is 0.902. The van der Waals surface area contributed by atoms with Crippen LogP contribution >= 0.6 is 0 Å². The second-order valence-corrected chi connectivity index (χ2v) is 5.96. The predicted octanol–water partition coefficient (Wildman–Crippen LogP) is 2.11. The molecule has 0 aliphatic carbocycles. The topological polar surface area (TPSA) is 41.7 Å². The van der Waals surface area contributed by atoms with Gasteiger partial charge in [0.1, 0.15) is 5.75 Å². The van der Waals surface area contributed by atoms with Crippen molar-refractivity contribution < 1.29 is 4.74 Å². The van der Waals surface area contributed by atoms with Crippen molar-refractivity contribution in [2.24, 2.45) is 5.73 Å². The van der Waals surface area contributed by atoms with Crippen molar-refractivity contribution >= 4 is 0 Å². The highest BCUT2D eigenvalue weighted by Gasteiger charge is 2.26. The van der Waals surface area contributed by atoms with E-state index in [1.807, 2.05) is 13.0 Å². The minimum absolute atomic E-state index is 0.270. The lowest BCUT2D eigenvalue weighted by Crippen LogP contribution is -2.42. The highest BCUT2D eigenvalue weighted by atomic mass is 16.5. The lowest BCUT2D eigenvalue weighted by atomic mass is 10.0. The van der Waals surface area contributed by atoms with Crippen molar-refractivity contribution in [2.75, 3.05) is 39.8 Å². The van der Waals surface area contributed by atoms with Crippen LogP contribution in [0, 0.1) is 0 Å². The normalized spacial score (nSPS) is 22.8. The largest absolute Gasteiger partial charge is 0.494 e. The fourth-order valence-electron chi connectivity index (χ4n) is 3.30. The predicted molar refractivity (Wildman–Crippen MR) is 87.7 cm³/mol. The standard InChI is InChI=1S/C17H29N3O/c1-4-21-16-8-5-7-15(11-16)17(12-18)20-10-6-9-19(3)13-14(20)2/h5,7-8,11,14,17H,4,6,9-10,12-13,18H2,1-3H3. The van der Waals surface area contributed by atoms with E-state index >= 15 is 0 Å². The summed E-state index contributed by atoms with van der Waals surface area (Å²) in [4.78, 5) is 4.96. The molecule has 0 radical (unpaired) electrons. The monoisotopic (exact) mass is 291 g/mol.